The third-order valence-corrected chi connectivity index (χ3v) is 8.20. The first-order chi connectivity index (χ1) is 22.9. The van der Waals surface area contributed by atoms with E-state index < -0.39 is 17.0 Å². The Hall–Kier alpha value is -6.06. The highest BCUT2D eigenvalue weighted by atomic mass is 35.5. The molecule has 5 aromatic carbocycles. The topological polar surface area (TPSA) is 105 Å². The molecule has 1 amide bonds. The molecule has 0 saturated heterocycles. The molecule has 0 saturated carbocycles. The molecule has 230 valence electrons. The van der Waals surface area contributed by atoms with Crippen molar-refractivity contribution in [3.05, 3.63) is 183 Å². The summed E-state index contributed by atoms with van der Waals surface area (Å²) in [6, 6.07) is 42.0. The minimum atomic E-state index is -0.983. The van der Waals surface area contributed by atoms with Gasteiger partial charge in [0.2, 0.25) is 0 Å². The van der Waals surface area contributed by atoms with E-state index >= 15 is 0 Å². The Morgan fingerprint density at radius 1 is 0.787 bits per heavy atom. The molecule has 0 aliphatic rings. The van der Waals surface area contributed by atoms with Gasteiger partial charge in [-0.3, -0.25) is 9.78 Å². The van der Waals surface area contributed by atoms with Crippen LogP contribution in [0.25, 0.3) is 10.9 Å². The van der Waals surface area contributed by atoms with Gasteiger partial charge in [-0.05, 0) is 59.2 Å². The van der Waals surface area contributed by atoms with Gasteiger partial charge in [0.25, 0.3) is 5.91 Å². The van der Waals surface area contributed by atoms with E-state index in [1.165, 1.54) is 0 Å². The van der Waals surface area contributed by atoms with Crippen molar-refractivity contribution < 1.29 is 9.18 Å². The van der Waals surface area contributed by atoms with Crippen molar-refractivity contribution in [1.82, 2.24) is 19.7 Å². The van der Waals surface area contributed by atoms with E-state index in [9.17, 15) is 14.0 Å². The van der Waals surface area contributed by atoms with Crippen molar-refractivity contribution >= 4 is 45.7 Å². The van der Waals surface area contributed by atoms with E-state index in [2.05, 4.69) is 57.0 Å². The number of H-pyrrole nitrogens is 1. The molecule has 3 N–H and O–H groups in total. The number of hydrogen-bond acceptors (Lipinski definition) is 5. The largest absolute Gasteiger partial charge is 0.346 e. The van der Waals surface area contributed by atoms with E-state index in [0.29, 0.717) is 27.2 Å². The second kappa shape index (κ2) is 12.4. The third-order valence-electron chi connectivity index (χ3n) is 7.95. The quantitative estimate of drug-likeness (QED) is 0.147. The van der Waals surface area contributed by atoms with Crippen LogP contribution >= 0.6 is 11.6 Å². The molecule has 0 bridgehead atoms. The number of benzene rings is 5. The molecule has 0 unspecified atom stereocenters. The van der Waals surface area contributed by atoms with Gasteiger partial charge in [-0.25, -0.2) is 13.9 Å². The van der Waals surface area contributed by atoms with Crippen LogP contribution in [0.2, 0.25) is 5.02 Å². The Kier molecular flexibility index (Phi) is 7.81. The SMILES string of the molecule is O=C(Nc1nn(C(c2ccccc2)(c2ccccc2)c2ccccc2)c2ccc(Nc3[nH]c(=O)ncc3F)cc12)c1ccc(Cl)cc1. The third kappa shape index (κ3) is 5.53. The van der Waals surface area contributed by atoms with Gasteiger partial charge in [-0.1, -0.05) is 103 Å². The van der Waals surface area contributed by atoms with Crippen LogP contribution in [0.1, 0.15) is 27.0 Å². The Balaban J connectivity index is 1.50. The number of carbonyl (C=O) groups excluding carboxylic acids is 1. The van der Waals surface area contributed by atoms with Crippen molar-refractivity contribution in [2.45, 2.75) is 5.54 Å². The summed E-state index contributed by atoms with van der Waals surface area (Å²) >= 11 is 6.08. The summed E-state index contributed by atoms with van der Waals surface area (Å²) in [6.45, 7) is 0. The first-order valence-corrected chi connectivity index (χ1v) is 15.1. The minimum Gasteiger partial charge on any atom is -0.339 e. The molecule has 0 spiro atoms. The molecule has 8 nitrogen and oxygen atoms in total. The smallest absolute Gasteiger partial charge is 0.339 e. The maximum Gasteiger partial charge on any atom is 0.346 e. The second-order valence-electron chi connectivity index (χ2n) is 10.8. The van der Waals surface area contributed by atoms with Crippen LogP contribution in [0.15, 0.2) is 144 Å². The van der Waals surface area contributed by atoms with Gasteiger partial charge in [-0.2, -0.15) is 10.1 Å². The van der Waals surface area contributed by atoms with E-state index in [-0.39, 0.29) is 17.5 Å². The highest BCUT2D eigenvalue weighted by molar-refractivity contribution is 6.30. The first kappa shape index (κ1) is 29.6. The lowest BCUT2D eigenvalue weighted by Crippen LogP contribution is -2.38. The van der Waals surface area contributed by atoms with Crippen molar-refractivity contribution in [3.8, 4) is 0 Å². The summed E-state index contributed by atoms with van der Waals surface area (Å²) in [4.78, 5) is 31.3. The van der Waals surface area contributed by atoms with Crippen LogP contribution in [-0.4, -0.2) is 25.7 Å². The zero-order valence-corrected chi connectivity index (χ0v) is 25.4. The van der Waals surface area contributed by atoms with Gasteiger partial charge < -0.3 is 10.6 Å². The van der Waals surface area contributed by atoms with Gasteiger partial charge in [-0.15, -0.1) is 0 Å². The molecule has 7 rings (SSSR count). The number of aromatic amines is 1. The normalized spacial score (nSPS) is 11.4. The first-order valence-electron chi connectivity index (χ1n) is 14.7. The minimum absolute atomic E-state index is 0.143. The molecule has 0 aliphatic heterocycles. The van der Waals surface area contributed by atoms with E-state index in [4.69, 9.17) is 16.7 Å². The maximum atomic E-state index is 14.6. The van der Waals surface area contributed by atoms with Gasteiger partial charge >= 0.3 is 5.69 Å². The highest BCUT2D eigenvalue weighted by Gasteiger charge is 2.41. The molecule has 0 radical (unpaired) electrons. The number of fused-ring (bicyclic) bond motifs is 1. The van der Waals surface area contributed by atoms with Gasteiger partial charge in [0.1, 0.15) is 11.4 Å². The van der Waals surface area contributed by atoms with Crippen LogP contribution in [0.3, 0.4) is 0 Å². The molecule has 47 heavy (non-hydrogen) atoms. The molecular formula is C37H26ClFN6O2. The van der Waals surface area contributed by atoms with Crippen LogP contribution in [0.5, 0.6) is 0 Å². The molecule has 10 heteroatoms. The number of aromatic nitrogens is 4. The number of hydrogen-bond donors (Lipinski definition) is 3. The summed E-state index contributed by atoms with van der Waals surface area (Å²) < 4.78 is 16.5. The molecule has 0 fully saturated rings. The van der Waals surface area contributed by atoms with Crippen LogP contribution < -0.4 is 16.3 Å². The average Bonchev–Trinajstić information content (AvgIpc) is 3.45. The average molecular weight is 641 g/mol. The van der Waals surface area contributed by atoms with Crippen molar-refractivity contribution in [3.63, 3.8) is 0 Å². The molecule has 0 aliphatic carbocycles. The summed E-state index contributed by atoms with van der Waals surface area (Å²) in [5.74, 6) is -0.983. The summed E-state index contributed by atoms with van der Waals surface area (Å²) in [5.41, 5.74) is 2.66. The number of halogens is 2. The molecule has 2 aromatic heterocycles. The molecule has 7 aromatic rings. The molecule has 0 atom stereocenters. The zero-order chi connectivity index (χ0) is 32.4. The van der Waals surface area contributed by atoms with Gasteiger partial charge in [0.15, 0.2) is 11.6 Å². The van der Waals surface area contributed by atoms with Gasteiger partial charge in [0, 0.05) is 21.7 Å². The fraction of sp³-hybridized carbons (Fsp3) is 0.0270. The Bertz CT molecular complexity index is 2160. The van der Waals surface area contributed by atoms with Crippen molar-refractivity contribution in [1.29, 1.82) is 0 Å². The number of nitrogens with zero attached hydrogens (tertiary/aromatic N) is 3. The number of nitrogens with one attached hydrogen (secondary N) is 3. The van der Waals surface area contributed by atoms with E-state index in [1.54, 1.807) is 36.4 Å². The predicted molar refractivity (Wildman–Crippen MR) is 182 cm³/mol. The molecule has 2 heterocycles. The Labute approximate surface area is 273 Å². The summed E-state index contributed by atoms with van der Waals surface area (Å²) in [6.07, 6.45) is 0.851. The maximum absolute atomic E-state index is 14.6. The fourth-order valence-corrected chi connectivity index (χ4v) is 5.97. The summed E-state index contributed by atoms with van der Waals surface area (Å²) in [5, 5.41) is 12.1. The van der Waals surface area contributed by atoms with E-state index in [1.807, 2.05) is 65.3 Å². The lowest BCUT2D eigenvalue weighted by molar-refractivity contribution is 0.102. The van der Waals surface area contributed by atoms with E-state index in [0.717, 1.165) is 22.9 Å². The number of rotatable bonds is 8. The Morgan fingerprint density at radius 3 is 1.94 bits per heavy atom. The molecular weight excluding hydrogens is 615 g/mol. The second-order valence-corrected chi connectivity index (χ2v) is 11.2. The van der Waals surface area contributed by atoms with Crippen molar-refractivity contribution in [2.24, 2.45) is 0 Å². The van der Waals surface area contributed by atoms with Crippen LogP contribution in [0, 0.1) is 5.82 Å². The number of anilines is 3. The van der Waals surface area contributed by atoms with Crippen LogP contribution in [-0.2, 0) is 5.54 Å². The van der Waals surface area contributed by atoms with Gasteiger partial charge in [0.05, 0.1) is 11.7 Å². The highest BCUT2D eigenvalue weighted by Crippen LogP contribution is 2.44. The summed E-state index contributed by atoms with van der Waals surface area (Å²) in [7, 11) is 0. The lowest BCUT2D eigenvalue weighted by Gasteiger charge is -2.37. The van der Waals surface area contributed by atoms with Crippen LogP contribution in [0.4, 0.5) is 21.7 Å². The monoisotopic (exact) mass is 640 g/mol. The fourth-order valence-electron chi connectivity index (χ4n) is 5.84. The standard InChI is InChI=1S/C37H26ClFN6O2/c38-28-18-16-24(17-19-28)35(46)42-33-30-22-29(41-34-31(39)23-40-36(47)43-34)20-21-32(30)45(44-33)37(25-10-4-1-5-11-25,26-12-6-2-7-13-26)27-14-8-3-9-15-27/h1-23H,(H,42,44,46)(H2,40,41,43,47). The van der Waals surface area contributed by atoms with Crippen molar-refractivity contribution in [2.75, 3.05) is 10.6 Å². The lowest BCUT2D eigenvalue weighted by atomic mass is 9.77. The number of amides is 1. The number of carbonyl (C=O) groups is 1. The Morgan fingerprint density at radius 2 is 1.36 bits per heavy atom. The zero-order valence-electron chi connectivity index (χ0n) is 24.7. The predicted octanol–water partition coefficient (Wildman–Crippen LogP) is 7.75.